The van der Waals surface area contributed by atoms with E-state index in [1.807, 2.05) is 42.5 Å². The smallest absolute Gasteiger partial charge is 0.307 e. The lowest BCUT2D eigenvalue weighted by molar-refractivity contribution is -0.136. The van der Waals surface area contributed by atoms with Gasteiger partial charge >= 0.3 is 5.97 Å². The van der Waals surface area contributed by atoms with Gasteiger partial charge < -0.3 is 10.2 Å². The van der Waals surface area contributed by atoms with Gasteiger partial charge in [0.05, 0.1) is 18.0 Å². The van der Waals surface area contributed by atoms with E-state index in [2.05, 4.69) is 20.8 Å². The first-order valence-electron chi connectivity index (χ1n) is 13.4. The van der Waals surface area contributed by atoms with Crippen LogP contribution in [0.5, 0.6) is 0 Å². The lowest BCUT2D eigenvalue weighted by Crippen LogP contribution is -2.29. The van der Waals surface area contributed by atoms with Gasteiger partial charge in [-0.1, -0.05) is 69.3 Å². The van der Waals surface area contributed by atoms with E-state index in [0.717, 1.165) is 31.2 Å². The molecule has 6 nitrogen and oxygen atoms in total. The number of Topliss-reactive ketones (excluding diaryl/α,β-unsaturated/α-hetero) is 1. The number of carboxylic acids is 1. The second-order valence-electron chi connectivity index (χ2n) is 11.5. The Bertz CT molecular complexity index is 1480. The van der Waals surface area contributed by atoms with Gasteiger partial charge in [-0.05, 0) is 77.1 Å². The maximum absolute atomic E-state index is 13.5. The van der Waals surface area contributed by atoms with Crippen LogP contribution < -0.4 is 4.90 Å². The van der Waals surface area contributed by atoms with E-state index in [9.17, 15) is 19.5 Å². The molecule has 200 valence electrons. The Morgan fingerprint density at radius 2 is 1.51 bits per heavy atom. The molecule has 1 unspecified atom stereocenters. The fourth-order valence-electron chi connectivity index (χ4n) is 5.56. The molecule has 1 fully saturated rings. The van der Waals surface area contributed by atoms with Crippen LogP contribution >= 0.6 is 0 Å². The van der Waals surface area contributed by atoms with Crippen molar-refractivity contribution in [1.29, 1.82) is 0 Å². The van der Waals surface area contributed by atoms with Crippen molar-refractivity contribution in [1.82, 2.24) is 0 Å². The van der Waals surface area contributed by atoms with Gasteiger partial charge in [0.25, 0.3) is 11.7 Å². The molecule has 1 aliphatic carbocycles. The molecule has 1 saturated heterocycles. The topological polar surface area (TPSA) is 94.9 Å². The van der Waals surface area contributed by atoms with Gasteiger partial charge in [0, 0.05) is 11.3 Å². The van der Waals surface area contributed by atoms with Crippen molar-refractivity contribution in [2.24, 2.45) is 0 Å². The quantitative estimate of drug-likeness (QED) is 0.239. The van der Waals surface area contributed by atoms with E-state index < -0.39 is 23.7 Å². The molecule has 2 aliphatic rings. The summed E-state index contributed by atoms with van der Waals surface area (Å²) >= 11 is 0. The second-order valence-corrected chi connectivity index (χ2v) is 11.5. The van der Waals surface area contributed by atoms with Crippen LogP contribution in [0.2, 0.25) is 0 Å². The number of amides is 1. The minimum atomic E-state index is -0.952. The molecule has 2 N–H and O–H groups in total. The van der Waals surface area contributed by atoms with Crippen molar-refractivity contribution in [2.45, 2.75) is 64.3 Å². The summed E-state index contributed by atoms with van der Waals surface area (Å²) in [5.41, 5.74) is 5.78. The molecule has 5 rings (SSSR count). The molecule has 1 atom stereocenters. The Hall–Kier alpha value is -4.19. The van der Waals surface area contributed by atoms with Crippen molar-refractivity contribution in [3.63, 3.8) is 0 Å². The molecule has 1 heterocycles. The molecule has 3 aromatic carbocycles. The minimum Gasteiger partial charge on any atom is -0.507 e. The molecule has 0 saturated carbocycles. The number of aliphatic hydroxyl groups is 1. The summed E-state index contributed by atoms with van der Waals surface area (Å²) in [6.45, 7) is 6.34. The maximum Gasteiger partial charge on any atom is 0.307 e. The van der Waals surface area contributed by atoms with E-state index in [0.29, 0.717) is 22.4 Å². The fourth-order valence-corrected chi connectivity index (χ4v) is 5.56. The van der Waals surface area contributed by atoms with E-state index >= 15 is 0 Å². The average Bonchev–Trinajstić information content (AvgIpc) is 3.18. The molecule has 6 heteroatoms. The van der Waals surface area contributed by atoms with Gasteiger partial charge in [-0.3, -0.25) is 19.3 Å². The van der Waals surface area contributed by atoms with Crippen LogP contribution in [0.4, 0.5) is 5.69 Å². The van der Waals surface area contributed by atoms with Crippen molar-refractivity contribution in [3.05, 3.63) is 106 Å². The Balaban J connectivity index is 1.64. The lowest BCUT2D eigenvalue weighted by atomic mass is 9.85. The van der Waals surface area contributed by atoms with Crippen LogP contribution in [-0.4, -0.2) is 27.9 Å². The van der Waals surface area contributed by atoms with Crippen LogP contribution in [0.1, 0.15) is 73.0 Å². The number of aliphatic carboxylic acids is 1. The molecule has 1 amide bonds. The Kier molecular flexibility index (Phi) is 6.89. The third-order valence-corrected chi connectivity index (χ3v) is 7.73. The molecule has 0 radical (unpaired) electrons. The summed E-state index contributed by atoms with van der Waals surface area (Å²) in [7, 11) is 0. The van der Waals surface area contributed by atoms with Crippen LogP contribution in [0, 0.1) is 0 Å². The van der Waals surface area contributed by atoms with Crippen molar-refractivity contribution >= 4 is 29.1 Å². The zero-order chi connectivity index (χ0) is 27.9. The van der Waals surface area contributed by atoms with Gasteiger partial charge in [0.15, 0.2) is 0 Å². The number of ketones is 1. The lowest BCUT2D eigenvalue weighted by Gasteiger charge is -2.27. The SMILES string of the molecule is CC(C)(C)c1ccc(C2/C(=C(/O)c3ccc4c(c3)CCCC4)C(=O)C(=O)N2c2ccc(CC(=O)O)cc2)cc1. The summed E-state index contributed by atoms with van der Waals surface area (Å²) < 4.78 is 0. The Morgan fingerprint density at radius 1 is 0.872 bits per heavy atom. The number of nitrogens with zero attached hydrogens (tertiary/aromatic N) is 1. The van der Waals surface area contributed by atoms with Gasteiger partial charge in [-0.15, -0.1) is 0 Å². The number of aliphatic hydroxyl groups excluding tert-OH is 1. The van der Waals surface area contributed by atoms with Gasteiger partial charge in [0.1, 0.15) is 5.76 Å². The standard InChI is InChI=1S/C33H33NO5/c1-33(2,3)25-14-12-22(13-15-25)29-28(30(37)24-11-10-21-6-4-5-7-23(21)19-24)31(38)32(39)34(29)26-16-8-20(9-17-26)18-27(35)36/h8-17,19,29,37H,4-7,18H2,1-3H3,(H,35,36)/b30-28-. The molecule has 0 bridgehead atoms. The number of hydrogen-bond donors (Lipinski definition) is 2. The normalized spacial score (nSPS) is 18.7. The van der Waals surface area contributed by atoms with E-state index in [1.165, 1.54) is 16.0 Å². The summed E-state index contributed by atoms with van der Waals surface area (Å²) in [6.07, 6.45) is 4.00. The second kappa shape index (κ2) is 10.2. The maximum atomic E-state index is 13.5. The summed E-state index contributed by atoms with van der Waals surface area (Å²) in [4.78, 5) is 39.6. The summed E-state index contributed by atoms with van der Waals surface area (Å²) in [6, 6.07) is 19.3. The number of hydrogen-bond acceptors (Lipinski definition) is 4. The first-order valence-corrected chi connectivity index (χ1v) is 13.4. The zero-order valence-corrected chi connectivity index (χ0v) is 22.5. The fraction of sp³-hybridized carbons (Fsp3) is 0.303. The number of carboxylic acid groups (broad SMARTS) is 1. The van der Waals surface area contributed by atoms with Crippen molar-refractivity contribution in [3.8, 4) is 0 Å². The van der Waals surface area contributed by atoms with Gasteiger partial charge in [-0.25, -0.2) is 0 Å². The highest BCUT2D eigenvalue weighted by Crippen LogP contribution is 2.43. The Morgan fingerprint density at radius 3 is 2.13 bits per heavy atom. The van der Waals surface area contributed by atoms with Crippen molar-refractivity contribution < 1.29 is 24.6 Å². The number of carbonyl (C=O) groups is 3. The van der Waals surface area contributed by atoms with Gasteiger partial charge in [-0.2, -0.15) is 0 Å². The Labute approximate surface area is 228 Å². The highest BCUT2D eigenvalue weighted by atomic mass is 16.4. The van der Waals surface area contributed by atoms with E-state index in [4.69, 9.17) is 5.11 Å². The largest absolute Gasteiger partial charge is 0.507 e. The van der Waals surface area contributed by atoms with Crippen LogP contribution in [0.3, 0.4) is 0 Å². The van der Waals surface area contributed by atoms with Gasteiger partial charge in [0.2, 0.25) is 0 Å². The third kappa shape index (κ3) is 5.11. The number of rotatable bonds is 5. The molecular weight excluding hydrogens is 490 g/mol. The molecule has 0 spiro atoms. The first kappa shape index (κ1) is 26.4. The van der Waals surface area contributed by atoms with E-state index in [1.54, 1.807) is 24.3 Å². The highest BCUT2D eigenvalue weighted by Gasteiger charge is 2.47. The number of fused-ring (bicyclic) bond motifs is 1. The number of anilines is 1. The zero-order valence-electron chi connectivity index (χ0n) is 22.5. The molecule has 3 aromatic rings. The summed E-state index contributed by atoms with van der Waals surface area (Å²) in [5.74, 6) is -2.61. The first-order chi connectivity index (χ1) is 18.5. The van der Waals surface area contributed by atoms with Crippen molar-refractivity contribution in [2.75, 3.05) is 4.90 Å². The molecular formula is C33H33NO5. The number of carbonyl (C=O) groups excluding carboxylic acids is 2. The predicted octanol–water partition coefficient (Wildman–Crippen LogP) is 6.12. The average molecular weight is 524 g/mol. The van der Waals surface area contributed by atoms with Crippen LogP contribution in [0.25, 0.3) is 5.76 Å². The highest BCUT2D eigenvalue weighted by molar-refractivity contribution is 6.51. The van der Waals surface area contributed by atoms with E-state index in [-0.39, 0.29) is 23.2 Å². The summed E-state index contributed by atoms with van der Waals surface area (Å²) in [5, 5.41) is 20.7. The molecule has 0 aromatic heterocycles. The minimum absolute atomic E-state index is 0.0499. The third-order valence-electron chi connectivity index (χ3n) is 7.73. The van der Waals surface area contributed by atoms with Crippen LogP contribution in [-0.2, 0) is 39.1 Å². The molecule has 39 heavy (non-hydrogen) atoms. The number of aryl methyl sites for hydroxylation is 2. The van der Waals surface area contributed by atoms with Crippen LogP contribution in [0.15, 0.2) is 72.3 Å². The number of benzene rings is 3. The monoisotopic (exact) mass is 523 g/mol. The predicted molar refractivity (Wildman–Crippen MR) is 151 cm³/mol. The molecule has 1 aliphatic heterocycles.